The lowest BCUT2D eigenvalue weighted by Crippen LogP contribution is -2.52. The van der Waals surface area contributed by atoms with Crippen molar-refractivity contribution in [3.8, 4) is 0 Å². The number of fused-ring (bicyclic) bond motifs is 1. The number of carbonyl (C=O) groups excluding carboxylic acids is 2. The summed E-state index contributed by atoms with van der Waals surface area (Å²) < 4.78 is 0. The third kappa shape index (κ3) is 8.74. The molecule has 172 valence electrons. The minimum atomic E-state index is -0.985. The largest absolute Gasteiger partial charge is 0.391 e. The number of aliphatic hydroxyl groups is 1. The van der Waals surface area contributed by atoms with Crippen LogP contribution in [0.1, 0.15) is 88.5 Å². The normalized spacial score (nSPS) is 13.1. The molecule has 0 aliphatic rings. The van der Waals surface area contributed by atoms with E-state index in [4.69, 9.17) is 0 Å². The molecule has 2 unspecified atom stereocenters. The molecule has 1 aromatic heterocycles. The Hall–Kier alpha value is -2.34. The van der Waals surface area contributed by atoms with Gasteiger partial charge in [-0.3, -0.25) is 9.59 Å². The van der Waals surface area contributed by atoms with Gasteiger partial charge in [0.25, 0.3) is 5.91 Å². The van der Waals surface area contributed by atoms with E-state index in [2.05, 4.69) is 22.5 Å². The Bertz CT molecular complexity index is 767. The van der Waals surface area contributed by atoms with Crippen molar-refractivity contribution >= 4 is 22.7 Å². The fourth-order valence-electron chi connectivity index (χ4n) is 3.75. The van der Waals surface area contributed by atoms with Gasteiger partial charge in [-0.15, -0.1) is 0 Å². The van der Waals surface area contributed by atoms with Crippen LogP contribution in [-0.2, 0) is 4.79 Å². The van der Waals surface area contributed by atoms with Gasteiger partial charge in [-0.25, -0.2) is 0 Å². The predicted molar refractivity (Wildman–Crippen MR) is 126 cm³/mol. The Morgan fingerprint density at radius 1 is 0.968 bits per heavy atom. The van der Waals surface area contributed by atoms with Crippen LogP contribution in [0.4, 0.5) is 0 Å². The zero-order chi connectivity index (χ0) is 22.5. The van der Waals surface area contributed by atoms with Crippen LogP contribution in [-0.4, -0.2) is 40.6 Å². The number of aliphatic hydroxyl groups excluding tert-OH is 1. The Kier molecular flexibility index (Phi) is 11.1. The monoisotopic (exact) mass is 429 g/mol. The maximum Gasteiger partial charge on any atom is 0.268 e. The van der Waals surface area contributed by atoms with E-state index in [-0.39, 0.29) is 5.91 Å². The Morgan fingerprint density at radius 3 is 2.19 bits per heavy atom. The molecule has 0 fully saturated rings. The van der Waals surface area contributed by atoms with Gasteiger partial charge in [0.1, 0.15) is 11.7 Å². The van der Waals surface area contributed by atoms with E-state index in [0.29, 0.717) is 12.2 Å². The molecule has 0 saturated carbocycles. The molecule has 6 nitrogen and oxygen atoms in total. The van der Waals surface area contributed by atoms with Gasteiger partial charge in [0.2, 0.25) is 5.91 Å². The van der Waals surface area contributed by atoms with E-state index in [9.17, 15) is 14.7 Å². The second-order valence-electron chi connectivity index (χ2n) is 8.44. The lowest BCUT2D eigenvalue weighted by Gasteiger charge is -2.20. The zero-order valence-electron chi connectivity index (χ0n) is 19.1. The molecule has 0 saturated heterocycles. The second-order valence-corrected chi connectivity index (χ2v) is 8.44. The average Bonchev–Trinajstić information content (AvgIpc) is 3.19. The highest BCUT2D eigenvalue weighted by Gasteiger charge is 2.26. The first kappa shape index (κ1) is 24.9. The molecule has 2 amide bonds. The van der Waals surface area contributed by atoms with Crippen molar-refractivity contribution in [1.82, 2.24) is 15.6 Å². The van der Waals surface area contributed by atoms with Crippen LogP contribution in [0.25, 0.3) is 10.9 Å². The molecule has 0 aliphatic carbocycles. The first-order valence-electron chi connectivity index (χ1n) is 11.9. The number of hydrogen-bond donors (Lipinski definition) is 4. The number of benzene rings is 1. The van der Waals surface area contributed by atoms with Crippen LogP contribution < -0.4 is 10.6 Å². The molecule has 0 radical (unpaired) electrons. The van der Waals surface area contributed by atoms with Crippen molar-refractivity contribution in [2.45, 2.75) is 90.2 Å². The van der Waals surface area contributed by atoms with Crippen molar-refractivity contribution in [3.05, 3.63) is 36.0 Å². The Balaban J connectivity index is 1.66. The van der Waals surface area contributed by atoms with Crippen molar-refractivity contribution in [3.63, 3.8) is 0 Å². The van der Waals surface area contributed by atoms with Gasteiger partial charge >= 0.3 is 0 Å². The van der Waals surface area contributed by atoms with Crippen LogP contribution >= 0.6 is 0 Å². The number of aromatic amines is 1. The van der Waals surface area contributed by atoms with Crippen LogP contribution in [0.5, 0.6) is 0 Å². The number of para-hydroxylation sites is 1. The SMILES string of the molecule is CCCCCCCCCCCCNC(=O)C(NC(=O)c1cc2ccccc2[nH]1)C(C)O. The smallest absolute Gasteiger partial charge is 0.268 e. The number of H-pyrrole nitrogens is 1. The van der Waals surface area contributed by atoms with Gasteiger partial charge in [-0.1, -0.05) is 82.9 Å². The van der Waals surface area contributed by atoms with Crippen molar-refractivity contribution < 1.29 is 14.7 Å². The van der Waals surface area contributed by atoms with E-state index in [1.807, 2.05) is 24.3 Å². The van der Waals surface area contributed by atoms with Crippen molar-refractivity contribution in [1.29, 1.82) is 0 Å². The summed E-state index contributed by atoms with van der Waals surface area (Å²) in [6.45, 7) is 4.30. The lowest BCUT2D eigenvalue weighted by atomic mass is 10.1. The fourth-order valence-corrected chi connectivity index (χ4v) is 3.75. The molecule has 0 bridgehead atoms. The molecule has 2 aromatic rings. The second kappa shape index (κ2) is 13.9. The quantitative estimate of drug-likeness (QED) is 0.310. The number of rotatable bonds is 15. The number of unbranched alkanes of at least 4 members (excludes halogenated alkanes) is 9. The van der Waals surface area contributed by atoms with Gasteiger partial charge in [0.15, 0.2) is 0 Å². The molecule has 1 heterocycles. The summed E-state index contributed by atoms with van der Waals surface area (Å²) in [5.41, 5.74) is 1.22. The van der Waals surface area contributed by atoms with Gasteiger partial charge in [0, 0.05) is 17.4 Å². The number of hydrogen-bond acceptors (Lipinski definition) is 3. The number of nitrogens with one attached hydrogen (secondary N) is 3. The molecular formula is C25H39N3O3. The van der Waals surface area contributed by atoms with E-state index < -0.39 is 18.1 Å². The molecule has 4 N–H and O–H groups in total. The van der Waals surface area contributed by atoms with E-state index in [0.717, 1.165) is 23.7 Å². The Morgan fingerprint density at radius 2 is 1.58 bits per heavy atom. The molecule has 0 spiro atoms. The van der Waals surface area contributed by atoms with Crippen molar-refractivity contribution in [2.75, 3.05) is 6.54 Å². The highest BCUT2D eigenvalue weighted by molar-refractivity contribution is 6.00. The standard InChI is InChI=1S/C25H39N3O3/c1-3-4-5-6-7-8-9-10-11-14-17-26-25(31)23(19(2)29)28-24(30)22-18-20-15-12-13-16-21(20)27-22/h12-13,15-16,18-19,23,27,29H,3-11,14,17H2,1-2H3,(H,26,31)(H,28,30). The zero-order valence-corrected chi connectivity index (χ0v) is 19.1. The first-order valence-corrected chi connectivity index (χ1v) is 11.9. The average molecular weight is 430 g/mol. The van der Waals surface area contributed by atoms with Crippen LogP contribution in [0.3, 0.4) is 0 Å². The van der Waals surface area contributed by atoms with Crippen LogP contribution in [0.2, 0.25) is 0 Å². The molecular weight excluding hydrogens is 390 g/mol. The number of carbonyl (C=O) groups is 2. The maximum atomic E-state index is 12.6. The van der Waals surface area contributed by atoms with Crippen LogP contribution in [0, 0.1) is 0 Å². The summed E-state index contributed by atoms with van der Waals surface area (Å²) in [7, 11) is 0. The molecule has 6 heteroatoms. The molecule has 31 heavy (non-hydrogen) atoms. The van der Waals surface area contributed by atoms with Gasteiger partial charge in [0.05, 0.1) is 6.10 Å². The summed E-state index contributed by atoms with van der Waals surface area (Å²) in [5, 5.41) is 16.4. The van der Waals surface area contributed by atoms with Crippen molar-refractivity contribution in [2.24, 2.45) is 0 Å². The number of aromatic nitrogens is 1. The summed E-state index contributed by atoms with van der Waals surface area (Å²) >= 11 is 0. The minimum absolute atomic E-state index is 0.351. The lowest BCUT2D eigenvalue weighted by molar-refractivity contribution is -0.125. The van der Waals surface area contributed by atoms with E-state index in [1.165, 1.54) is 58.3 Å². The topological polar surface area (TPSA) is 94.2 Å². The van der Waals surface area contributed by atoms with Crippen LogP contribution in [0.15, 0.2) is 30.3 Å². The molecule has 2 rings (SSSR count). The molecule has 0 aliphatic heterocycles. The van der Waals surface area contributed by atoms with E-state index in [1.54, 1.807) is 6.07 Å². The third-order valence-corrected chi connectivity index (χ3v) is 5.66. The number of amides is 2. The summed E-state index contributed by atoms with van der Waals surface area (Å²) in [4.78, 5) is 28.1. The summed E-state index contributed by atoms with van der Waals surface area (Å²) in [6.07, 6.45) is 11.4. The maximum absolute atomic E-state index is 12.6. The minimum Gasteiger partial charge on any atom is -0.391 e. The van der Waals surface area contributed by atoms with Gasteiger partial charge in [-0.2, -0.15) is 0 Å². The predicted octanol–water partition coefficient (Wildman–Crippen LogP) is 4.68. The third-order valence-electron chi connectivity index (χ3n) is 5.66. The van der Waals surface area contributed by atoms with Gasteiger partial charge < -0.3 is 20.7 Å². The highest BCUT2D eigenvalue weighted by Crippen LogP contribution is 2.15. The summed E-state index contributed by atoms with van der Waals surface area (Å²) in [6, 6.07) is 8.34. The molecule has 1 aromatic carbocycles. The fraction of sp³-hybridized carbons (Fsp3) is 0.600. The first-order chi connectivity index (χ1) is 15.0. The van der Waals surface area contributed by atoms with Gasteiger partial charge in [-0.05, 0) is 25.5 Å². The Labute approximate surface area is 186 Å². The molecule has 2 atom stereocenters. The van der Waals surface area contributed by atoms with E-state index >= 15 is 0 Å². The highest BCUT2D eigenvalue weighted by atomic mass is 16.3. The summed E-state index contributed by atoms with van der Waals surface area (Å²) in [5.74, 6) is -0.758.